The van der Waals surface area contributed by atoms with Crippen molar-refractivity contribution >= 4 is 27.3 Å². The van der Waals surface area contributed by atoms with Crippen LogP contribution in [-0.4, -0.2) is 26.6 Å². The summed E-state index contributed by atoms with van der Waals surface area (Å²) in [7, 11) is 1.23. The zero-order valence-electron chi connectivity index (χ0n) is 19.8. The number of nitrogens with zero attached hydrogens (tertiary/aromatic N) is 3. The highest BCUT2D eigenvalue weighted by atomic mass is 32.1. The third-order valence-electron chi connectivity index (χ3n) is 6.57. The summed E-state index contributed by atoms with van der Waals surface area (Å²) < 4.78 is 43.8. The van der Waals surface area contributed by atoms with Crippen LogP contribution >= 0.6 is 11.3 Å². The van der Waals surface area contributed by atoms with E-state index in [0.717, 1.165) is 40.5 Å². The van der Waals surface area contributed by atoms with Crippen LogP contribution in [0, 0.1) is 5.95 Å². The van der Waals surface area contributed by atoms with E-state index in [-0.39, 0.29) is 18.5 Å². The summed E-state index contributed by atoms with van der Waals surface area (Å²) >= 11 is 1.68. The Labute approximate surface area is 206 Å². The minimum absolute atomic E-state index is 0.0988. The molecule has 0 atom stereocenters. The molecule has 0 saturated heterocycles. The number of aryl methyl sites for hydroxylation is 1. The maximum atomic E-state index is 14.7. The fourth-order valence-electron chi connectivity index (χ4n) is 4.63. The fraction of sp³-hybridized carbons (Fsp3) is 0.333. The number of aromatic nitrogens is 2. The lowest BCUT2D eigenvalue weighted by Gasteiger charge is -2.25. The average molecular weight is 498 g/mol. The van der Waals surface area contributed by atoms with E-state index in [9.17, 15) is 18.0 Å². The third-order valence-corrected chi connectivity index (χ3v) is 7.53. The lowest BCUT2D eigenvalue weighted by molar-refractivity contribution is 0.0711. The summed E-state index contributed by atoms with van der Waals surface area (Å²) in [5.74, 6) is -1.56. The Balaban J connectivity index is 1.56. The number of carbonyl (C=O) groups is 1. The molecule has 1 aliphatic carbocycles. The number of hydrogen-bond donors (Lipinski definition) is 0. The lowest BCUT2D eigenvalue weighted by Crippen LogP contribution is -2.34. The molecule has 0 aliphatic heterocycles. The van der Waals surface area contributed by atoms with E-state index in [2.05, 4.69) is 54.7 Å². The smallest absolute Gasteiger partial charge is 0.283 e. The van der Waals surface area contributed by atoms with Gasteiger partial charge in [0.15, 0.2) is 0 Å². The molecule has 2 heterocycles. The zero-order valence-corrected chi connectivity index (χ0v) is 20.6. The molecule has 0 bridgehead atoms. The fourth-order valence-corrected chi connectivity index (χ4v) is 5.60. The quantitative estimate of drug-likeness (QED) is 0.269. The number of alkyl halides is 2. The summed E-state index contributed by atoms with van der Waals surface area (Å²) in [6, 6.07) is 14.4. The summed E-state index contributed by atoms with van der Waals surface area (Å²) in [6.07, 6.45) is -1.50. The van der Waals surface area contributed by atoms with Gasteiger partial charge in [-0.2, -0.15) is 9.49 Å². The first-order valence-corrected chi connectivity index (χ1v) is 12.5. The van der Waals surface area contributed by atoms with E-state index in [0.29, 0.717) is 4.68 Å². The topological polar surface area (TPSA) is 38.1 Å². The Bertz CT molecular complexity index is 1400. The Morgan fingerprint density at radius 3 is 2.63 bits per heavy atom. The van der Waals surface area contributed by atoms with Crippen molar-refractivity contribution in [1.29, 1.82) is 0 Å². The van der Waals surface area contributed by atoms with Gasteiger partial charge < -0.3 is 4.90 Å². The second-order valence-corrected chi connectivity index (χ2v) is 10.3. The average Bonchev–Trinajstić information content (AvgIpc) is 3.51. The molecule has 0 N–H and O–H groups in total. The van der Waals surface area contributed by atoms with Gasteiger partial charge in [0.05, 0.1) is 0 Å². The Hall–Kier alpha value is -3.13. The largest absolute Gasteiger partial charge is 0.331 e. The van der Waals surface area contributed by atoms with Crippen LogP contribution in [0.4, 0.5) is 13.2 Å². The van der Waals surface area contributed by atoms with E-state index >= 15 is 0 Å². The molecule has 2 aromatic heterocycles. The maximum Gasteiger partial charge on any atom is 0.283 e. The molecule has 4 nitrogen and oxygen atoms in total. The van der Waals surface area contributed by atoms with Gasteiger partial charge in [0.2, 0.25) is 5.95 Å². The van der Waals surface area contributed by atoms with Crippen molar-refractivity contribution in [2.45, 2.75) is 51.6 Å². The Morgan fingerprint density at radius 1 is 1.20 bits per heavy atom. The summed E-state index contributed by atoms with van der Waals surface area (Å²) in [5.41, 5.74) is 2.74. The van der Waals surface area contributed by atoms with E-state index in [4.69, 9.17) is 0 Å². The molecule has 0 spiro atoms. The second-order valence-electron chi connectivity index (χ2n) is 9.35. The highest BCUT2D eigenvalue weighted by Crippen LogP contribution is 2.38. The molecule has 0 radical (unpaired) electrons. The van der Waals surface area contributed by atoms with Crippen molar-refractivity contribution in [1.82, 2.24) is 14.7 Å². The number of halogens is 3. The van der Waals surface area contributed by atoms with Gasteiger partial charge in [0, 0.05) is 35.3 Å². The third kappa shape index (κ3) is 4.35. The van der Waals surface area contributed by atoms with Gasteiger partial charge in [-0.05, 0) is 53.0 Å². The van der Waals surface area contributed by atoms with Gasteiger partial charge in [-0.25, -0.2) is 13.5 Å². The van der Waals surface area contributed by atoms with Crippen molar-refractivity contribution in [2.24, 2.45) is 7.05 Å². The highest BCUT2D eigenvalue weighted by molar-refractivity contribution is 7.17. The number of amides is 1. The predicted octanol–water partition coefficient (Wildman–Crippen LogP) is 7.31. The second kappa shape index (κ2) is 9.15. The monoisotopic (exact) mass is 497 g/mol. The Kier molecular flexibility index (Phi) is 6.17. The molecule has 1 aliphatic rings. The summed E-state index contributed by atoms with van der Waals surface area (Å²) in [4.78, 5) is 15.0. The molecule has 4 aromatic rings. The number of hydrogen-bond acceptors (Lipinski definition) is 3. The lowest BCUT2D eigenvalue weighted by atomic mass is 9.92. The standard InChI is InChI=1S/C27H26F3N3OS/c1-15(2)19-11-8-16(21-14-35-22-7-5-4-6-20(21)22)12-17(19)13-33(18-9-10-18)27(34)23-24(25(28)29)31-32(3)26(23)30/h4-8,11-12,14-15,18,25H,9-10,13H2,1-3H3. The molecule has 8 heteroatoms. The van der Waals surface area contributed by atoms with Crippen LogP contribution in [-0.2, 0) is 13.6 Å². The normalized spacial score (nSPS) is 13.8. The van der Waals surface area contributed by atoms with Crippen LogP contribution in [0.3, 0.4) is 0 Å². The summed E-state index contributed by atoms with van der Waals surface area (Å²) in [6.45, 7) is 4.39. The van der Waals surface area contributed by atoms with Crippen molar-refractivity contribution < 1.29 is 18.0 Å². The van der Waals surface area contributed by atoms with Gasteiger partial charge in [-0.3, -0.25) is 4.79 Å². The van der Waals surface area contributed by atoms with Crippen molar-refractivity contribution in [3.63, 3.8) is 0 Å². The maximum absolute atomic E-state index is 14.7. The van der Waals surface area contributed by atoms with E-state index in [1.165, 1.54) is 11.7 Å². The molecule has 5 rings (SSSR count). The van der Waals surface area contributed by atoms with Crippen LogP contribution in [0.25, 0.3) is 21.2 Å². The number of benzene rings is 2. The molecule has 2 aromatic carbocycles. The van der Waals surface area contributed by atoms with Crippen LogP contribution in [0.5, 0.6) is 0 Å². The molecule has 35 heavy (non-hydrogen) atoms. The van der Waals surface area contributed by atoms with E-state index in [1.807, 2.05) is 12.1 Å². The van der Waals surface area contributed by atoms with Gasteiger partial charge in [-0.15, -0.1) is 11.3 Å². The van der Waals surface area contributed by atoms with Gasteiger partial charge in [0.25, 0.3) is 12.3 Å². The van der Waals surface area contributed by atoms with Crippen molar-refractivity contribution in [3.8, 4) is 11.1 Å². The number of carbonyl (C=O) groups excluding carboxylic acids is 1. The van der Waals surface area contributed by atoms with Crippen LogP contribution < -0.4 is 0 Å². The predicted molar refractivity (Wildman–Crippen MR) is 132 cm³/mol. The van der Waals surface area contributed by atoms with E-state index < -0.39 is 29.5 Å². The van der Waals surface area contributed by atoms with Crippen molar-refractivity contribution in [2.75, 3.05) is 0 Å². The zero-order chi connectivity index (χ0) is 24.9. The van der Waals surface area contributed by atoms with Crippen LogP contribution in [0.15, 0.2) is 47.8 Å². The van der Waals surface area contributed by atoms with Crippen LogP contribution in [0.1, 0.15) is 66.2 Å². The minimum atomic E-state index is -3.04. The molecule has 0 unspecified atom stereocenters. The molecule has 182 valence electrons. The first-order valence-electron chi connectivity index (χ1n) is 11.7. The van der Waals surface area contributed by atoms with E-state index in [1.54, 1.807) is 16.2 Å². The first kappa shape index (κ1) is 23.6. The Morgan fingerprint density at radius 2 is 1.94 bits per heavy atom. The summed E-state index contributed by atoms with van der Waals surface area (Å²) in [5, 5.41) is 6.86. The number of thiophene rings is 1. The highest BCUT2D eigenvalue weighted by Gasteiger charge is 2.38. The van der Waals surface area contributed by atoms with Gasteiger partial charge >= 0.3 is 0 Å². The molecule has 1 saturated carbocycles. The molecule has 1 fully saturated rings. The van der Waals surface area contributed by atoms with Crippen LogP contribution in [0.2, 0.25) is 0 Å². The van der Waals surface area contributed by atoms with Gasteiger partial charge in [-0.1, -0.05) is 44.2 Å². The van der Waals surface area contributed by atoms with Gasteiger partial charge in [0.1, 0.15) is 11.3 Å². The van der Waals surface area contributed by atoms with Crippen molar-refractivity contribution in [3.05, 3.63) is 76.2 Å². The first-order chi connectivity index (χ1) is 16.8. The number of fused-ring (bicyclic) bond motifs is 1. The number of rotatable bonds is 7. The minimum Gasteiger partial charge on any atom is -0.331 e. The molecule has 1 amide bonds. The SMILES string of the molecule is CC(C)c1ccc(-c2csc3ccccc23)cc1CN(C(=O)c1c(C(F)F)nn(C)c1F)C1CC1. The molecular weight excluding hydrogens is 471 g/mol. The molecular formula is C27H26F3N3OS.